The number of ketones is 1. The second kappa shape index (κ2) is 10.5. The van der Waals surface area contributed by atoms with E-state index in [9.17, 15) is 4.79 Å². The van der Waals surface area contributed by atoms with E-state index in [-0.39, 0.29) is 0 Å². The number of carbonyl (C=O) groups is 1. The van der Waals surface area contributed by atoms with E-state index in [0.717, 1.165) is 37.1 Å². The van der Waals surface area contributed by atoms with Gasteiger partial charge in [0.05, 0.1) is 6.33 Å². The first kappa shape index (κ1) is 26.4. The molecule has 1 heterocycles. The van der Waals surface area contributed by atoms with Gasteiger partial charge in [0.15, 0.2) is 0 Å². The number of imidazole rings is 1. The van der Waals surface area contributed by atoms with E-state index in [4.69, 9.17) is 0 Å². The molecule has 0 aliphatic heterocycles. The summed E-state index contributed by atoms with van der Waals surface area (Å²) in [5, 5.41) is 3.82. The number of aromatic amines is 1. The maximum Gasteiger partial charge on any atom is 0.136 e. The van der Waals surface area contributed by atoms with Crippen LogP contribution in [0.25, 0.3) is 0 Å². The van der Waals surface area contributed by atoms with Gasteiger partial charge in [-0.3, -0.25) is 4.79 Å². The molecule has 4 heteroatoms. The van der Waals surface area contributed by atoms with E-state index >= 15 is 0 Å². The molecule has 4 fully saturated rings. The normalized spacial score (nSPS) is 41.1. The van der Waals surface area contributed by atoms with Gasteiger partial charge in [-0.25, -0.2) is 4.98 Å². The molecule has 0 saturated heterocycles. The van der Waals surface area contributed by atoms with Crippen LogP contribution in [-0.2, 0) is 11.2 Å². The van der Waals surface area contributed by atoms with E-state index in [1.807, 2.05) is 6.20 Å². The fraction of sp³-hybridized carbons (Fsp3) is 0.875. The summed E-state index contributed by atoms with van der Waals surface area (Å²) >= 11 is 0. The van der Waals surface area contributed by atoms with Gasteiger partial charge in [0, 0.05) is 43.2 Å². The minimum absolute atomic E-state index is 0.350. The first-order valence-corrected chi connectivity index (χ1v) is 15.5. The Balaban J connectivity index is 1.22. The zero-order valence-electron chi connectivity index (χ0n) is 23.8. The van der Waals surface area contributed by atoms with Gasteiger partial charge in [0.2, 0.25) is 0 Å². The van der Waals surface area contributed by atoms with Gasteiger partial charge in [-0.1, -0.05) is 53.9 Å². The summed E-state index contributed by atoms with van der Waals surface area (Å²) in [6.45, 7) is 13.4. The molecule has 4 saturated carbocycles. The molecule has 3 unspecified atom stereocenters. The van der Waals surface area contributed by atoms with Crippen molar-refractivity contribution in [3.05, 3.63) is 18.2 Å². The fourth-order valence-corrected chi connectivity index (χ4v) is 9.97. The smallest absolute Gasteiger partial charge is 0.136 e. The van der Waals surface area contributed by atoms with E-state index in [1.54, 1.807) is 6.33 Å². The molecule has 4 aliphatic carbocycles. The van der Waals surface area contributed by atoms with Crippen molar-refractivity contribution in [1.29, 1.82) is 0 Å². The first-order valence-electron chi connectivity index (χ1n) is 15.5. The third-order valence-electron chi connectivity index (χ3n) is 12.1. The fourth-order valence-electron chi connectivity index (χ4n) is 9.97. The van der Waals surface area contributed by atoms with Gasteiger partial charge >= 0.3 is 0 Å². The molecule has 0 amide bonds. The zero-order valence-corrected chi connectivity index (χ0v) is 23.8. The Morgan fingerprint density at radius 2 is 1.83 bits per heavy atom. The summed E-state index contributed by atoms with van der Waals surface area (Å²) in [4.78, 5) is 21.2. The van der Waals surface area contributed by atoms with Crippen LogP contribution in [0.3, 0.4) is 0 Å². The van der Waals surface area contributed by atoms with Crippen LogP contribution in [0, 0.1) is 52.3 Å². The summed E-state index contributed by atoms with van der Waals surface area (Å²) in [6.07, 6.45) is 18.7. The van der Waals surface area contributed by atoms with E-state index in [2.05, 4.69) is 49.9 Å². The van der Waals surface area contributed by atoms with Crippen molar-refractivity contribution >= 4 is 5.78 Å². The van der Waals surface area contributed by atoms with Gasteiger partial charge in [-0.05, 0) is 91.3 Å². The van der Waals surface area contributed by atoms with Crippen LogP contribution in [0.15, 0.2) is 12.5 Å². The molecular formula is C32H53N3O. The summed E-state index contributed by atoms with van der Waals surface area (Å²) < 4.78 is 0. The molecule has 9 atom stereocenters. The van der Waals surface area contributed by atoms with Crippen molar-refractivity contribution in [2.24, 2.45) is 52.3 Å². The monoisotopic (exact) mass is 495 g/mol. The minimum atomic E-state index is 0.350. The lowest BCUT2D eigenvalue weighted by atomic mass is 9.44. The number of carbonyl (C=O) groups excluding carboxylic acids is 1. The number of hydrogen-bond acceptors (Lipinski definition) is 3. The van der Waals surface area contributed by atoms with Crippen molar-refractivity contribution in [2.45, 2.75) is 118 Å². The third kappa shape index (κ3) is 4.85. The Morgan fingerprint density at radius 3 is 2.58 bits per heavy atom. The number of nitrogens with zero attached hydrogens (tertiary/aromatic N) is 1. The largest absolute Gasteiger partial charge is 0.348 e. The second-order valence-electron chi connectivity index (χ2n) is 14.4. The summed E-state index contributed by atoms with van der Waals surface area (Å²) in [5.74, 6) is 5.28. The molecule has 36 heavy (non-hydrogen) atoms. The van der Waals surface area contributed by atoms with Crippen LogP contribution in [0.2, 0.25) is 0 Å². The average molecular weight is 496 g/mol. The lowest BCUT2D eigenvalue weighted by Gasteiger charge is -2.60. The van der Waals surface area contributed by atoms with Gasteiger partial charge in [-0.15, -0.1) is 0 Å². The first-order chi connectivity index (χ1) is 17.2. The van der Waals surface area contributed by atoms with Gasteiger partial charge in [0.1, 0.15) is 5.78 Å². The number of nitrogens with one attached hydrogen (secondary N) is 2. The average Bonchev–Trinajstić information content (AvgIpc) is 3.47. The van der Waals surface area contributed by atoms with E-state index in [0.29, 0.717) is 46.3 Å². The van der Waals surface area contributed by atoms with Crippen LogP contribution in [-0.4, -0.2) is 28.3 Å². The molecule has 5 rings (SSSR count). The predicted molar refractivity (Wildman–Crippen MR) is 148 cm³/mol. The molecule has 0 aromatic carbocycles. The summed E-state index contributed by atoms with van der Waals surface area (Å²) in [7, 11) is 0. The van der Waals surface area contributed by atoms with Crippen LogP contribution < -0.4 is 5.32 Å². The maximum absolute atomic E-state index is 13.9. The molecule has 4 aliphatic rings. The number of rotatable bonds is 9. The van der Waals surface area contributed by atoms with Crippen molar-refractivity contribution < 1.29 is 4.79 Å². The molecular weight excluding hydrogens is 442 g/mol. The Bertz CT molecular complexity index is 880. The molecule has 1 aromatic rings. The molecule has 4 nitrogen and oxygen atoms in total. The highest BCUT2D eigenvalue weighted by molar-refractivity contribution is 5.83. The van der Waals surface area contributed by atoms with Crippen molar-refractivity contribution in [1.82, 2.24) is 15.3 Å². The molecule has 202 valence electrons. The maximum atomic E-state index is 13.9. The predicted octanol–water partition coefficient (Wildman–Crippen LogP) is 7.21. The minimum Gasteiger partial charge on any atom is -0.348 e. The summed E-state index contributed by atoms with van der Waals surface area (Å²) in [5.41, 5.74) is 1.96. The zero-order chi connectivity index (χ0) is 25.5. The molecule has 0 bridgehead atoms. The van der Waals surface area contributed by atoms with Crippen molar-refractivity contribution in [2.75, 3.05) is 6.54 Å². The standard InChI is InChI=1S/C32H53N3O/c1-21(2)7-6-8-22(3)26-9-10-27-30-28(12-15-32(26,27)5)31(4)14-11-24(17-23(31)18-29(30)36)34-16-13-25-19-33-20-35-25/h19-24,26-28,30,34H,6-18H2,1-5H3,(H,33,35)/t22-,23-,24-,26-,27?,28?,30?,31+,32-/m1/s1. The number of hydrogen-bond donors (Lipinski definition) is 2. The Hall–Kier alpha value is -1.16. The Kier molecular flexibility index (Phi) is 7.74. The van der Waals surface area contributed by atoms with E-state index in [1.165, 1.54) is 69.9 Å². The number of H-pyrrole nitrogens is 1. The Labute approximate surface area is 220 Å². The quantitative estimate of drug-likeness (QED) is 0.380. The van der Waals surface area contributed by atoms with Gasteiger partial charge in [0.25, 0.3) is 0 Å². The molecule has 0 radical (unpaired) electrons. The number of fused-ring (bicyclic) bond motifs is 5. The molecule has 2 N–H and O–H groups in total. The molecule has 1 aromatic heterocycles. The van der Waals surface area contributed by atoms with Crippen molar-refractivity contribution in [3.63, 3.8) is 0 Å². The number of aromatic nitrogens is 2. The second-order valence-corrected chi connectivity index (χ2v) is 14.4. The SMILES string of the molecule is CC(C)CCC[C@@H](C)[C@H]1CCC2C3C(=O)C[C@H]4C[C@H](NCCc5cnc[nH]5)CC[C@]4(C)C3CC[C@@]21C. The van der Waals surface area contributed by atoms with Crippen LogP contribution in [0.1, 0.15) is 111 Å². The van der Waals surface area contributed by atoms with E-state index < -0.39 is 0 Å². The lowest BCUT2D eigenvalue weighted by Crippen LogP contribution is -2.58. The highest BCUT2D eigenvalue weighted by Crippen LogP contribution is 2.67. The van der Waals surface area contributed by atoms with Crippen LogP contribution in [0.4, 0.5) is 0 Å². The number of Topliss-reactive ketones (excluding diaryl/α,β-unsaturated/α-hetero) is 1. The van der Waals surface area contributed by atoms with Crippen LogP contribution >= 0.6 is 0 Å². The highest BCUT2D eigenvalue weighted by Gasteiger charge is 2.63. The Morgan fingerprint density at radius 1 is 1.06 bits per heavy atom. The van der Waals surface area contributed by atoms with Gasteiger partial charge in [-0.2, -0.15) is 0 Å². The molecule has 0 spiro atoms. The van der Waals surface area contributed by atoms with Crippen molar-refractivity contribution in [3.8, 4) is 0 Å². The third-order valence-corrected chi connectivity index (χ3v) is 12.1. The lowest BCUT2D eigenvalue weighted by molar-refractivity contribution is -0.157. The highest BCUT2D eigenvalue weighted by atomic mass is 16.1. The topological polar surface area (TPSA) is 57.8 Å². The summed E-state index contributed by atoms with van der Waals surface area (Å²) in [6, 6.07) is 0.562. The van der Waals surface area contributed by atoms with Crippen LogP contribution in [0.5, 0.6) is 0 Å². The van der Waals surface area contributed by atoms with Gasteiger partial charge < -0.3 is 10.3 Å².